The van der Waals surface area contributed by atoms with Gasteiger partial charge in [-0.05, 0) is 24.8 Å². The van der Waals surface area contributed by atoms with Gasteiger partial charge in [0, 0.05) is 6.54 Å². The van der Waals surface area contributed by atoms with Gasteiger partial charge in [0.2, 0.25) is 0 Å². The third-order valence-corrected chi connectivity index (χ3v) is 4.26. The molecule has 0 spiro atoms. The summed E-state index contributed by atoms with van der Waals surface area (Å²) in [6, 6.07) is 10.0. The Labute approximate surface area is 128 Å². The van der Waals surface area contributed by atoms with Crippen LogP contribution in [-0.2, 0) is 16.1 Å². The van der Waals surface area contributed by atoms with Crippen molar-refractivity contribution >= 4 is 5.97 Å². The molecule has 0 heterocycles. The first-order valence-corrected chi connectivity index (χ1v) is 8.23. The van der Waals surface area contributed by atoms with Crippen molar-refractivity contribution in [1.82, 2.24) is 5.32 Å². The quantitative estimate of drug-likeness (QED) is 0.778. The summed E-state index contributed by atoms with van der Waals surface area (Å²) in [5.41, 5.74) is 1.20. The first-order valence-electron chi connectivity index (χ1n) is 8.23. The molecule has 1 fully saturated rings. The number of ether oxygens (including phenoxy) is 1. The molecule has 116 valence electrons. The zero-order chi connectivity index (χ0) is 14.9. The highest BCUT2D eigenvalue weighted by Gasteiger charge is 2.24. The Morgan fingerprint density at radius 1 is 1.24 bits per heavy atom. The molecule has 1 aliphatic rings. The Morgan fingerprint density at radius 3 is 2.62 bits per heavy atom. The summed E-state index contributed by atoms with van der Waals surface area (Å²) in [4.78, 5) is 12.2. The van der Waals surface area contributed by atoms with E-state index < -0.39 is 0 Å². The van der Waals surface area contributed by atoms with Crippen molar-refractivity contribution in [3.8, 4) is 0 Å². The van der Waals surface area contributed by atoms with E-state index in [1.54, 1.807) is 0 Å². The van der Waals surface area contributed by atoms with E-state index in [1.165, 1.54) is 37.7 Å². The first-order chi connectivity index (χ1) is 10.3. The number of nitrogens with one attached hydrogen (secondary N) is 1. The van der Waals surface area contributed by atoms with E-state index in [1.807, 2.05) is 25.1 Å². The molecule has 1 aromatic carbocycles. The van der Waals surface area contributed by atoms with Crippen molar-refractivity contribution in [2.75, 3.05) is 6.61 Å². The SMILES string of the molecule is CCOC(=O)C(CC1CCCCC1)NCc1ccccc1. The van der Waals surface area contributed by atoms with Crippen LogP contribution in [0, 0.1) is 5.92 Å². The number of hydrogen-bond donors (Lipinski definition) is 1. The van der Waals surface area contributed by atoms with Crippen LogP contribution in [0.5, 0.6) is 0 Å². The molecule has 2 rings (SSSR count). The zero-order valence-corrected chi connectivity index (χ0v) is 13.0. The van der Waals surface area contributed by atoms with Gasteiger partial charge in [0.05, 0.1) is 6.61 Å². The summed E-state index contributed by atoms with van der Waals surface area (Å²) < 4.78 is 5.23. The number of esters is 1. The van der Waals surface area contributed by atoms with Crippen LogP contribution in [0.3, 0.4) is 0 Å². The smallest absolute Gasteiger partial charge is 0.323 e. The Kier molecular flexibility index (Phi) is 6.74. The topological polar surface area (TPSA) is 38.3 Å². The minimum atomic E-state index is -0.173. The minimum Gasteiger partial charge on any atom is -0.465 e. The monoisotopic (exact) mass is 289 g/mol. The molecule has 1 aromatic rings. The normalized spacial score (nSPS) is 17.4. The predicted octanol–water partition coefficient (Wildman–Crippen LogP) is 3.68. The van der Waals surface area contributed by atoms with Gasteiger partial charge in [0.25, 0.3) is 0 Å². The van der Waals surface area contributed by atoms with Gasteiger partial charge in [-0.25, -0.2) is 0 Å². The molecule has 1 aliphatic carbocycles. The fourth-order valence-electron chi connectivity index (χ4n) is 3.10. The van der Waals surface area contributed by atoms with Crippen molar-refractivity contribution in [1.29, 1.82) is 0 Å². The van der Waals surface area contributed by atoms with Gasteiger partial charge >= 0.3 is 5.97 Å². The molecule has 3 heteroatoms. The van der Waals surface area contributed by atoms with Gasteiger partial charge in [-0.1, -0.05) is 62.4 Å². The summed E-state index contributed by atoms with van der Waals surface area (Å²) in [7, 11) is 0. The van der Waals surface area contributed by atoms with Gasteiger partial charge in [-0.2, -0.15) is 0 Å². The van der Waals surface area contributed by atoms with Crippen LogP contribution in [0.15, 0.2) is 30.3 Å². The highest BCUT2D eigenvalue weighted by Crippen LogP contribution is 2.27. The van der Waals surface area contributed by atoms with Crippen molar-refractivity contribution in [2.45, 2.75) is 58.0 Å². The van der Waals surface area contributed by atoms with Gasteiger partial charge in [-0.3, -0.25) is 4.79 Å². The lowest BCUT2D eigenvalue weighted by Crippen LogP contribution is -2.39. The third kappa shape index (κ3) is 5.50. The number of carbonyl (C=O) groups excluding carboxylic acids is 1. The second-order valence-corrected chi connectivity index (χ2v) is 5.91. The lowest BCUT2D eigenvalue weighted by molar-refractivity contribution is -0.146. The van der Waals surface area contributed by atoms with E-state index in [2.05, 4.69) is 17.4 Å². The second-order valence-electron chi connectivity index (χ2n) is 5.91. The zero-order valence-electron chi connectivity index (χ0n) is 13.0. The number of benzene rings is 1. The van der Waals surface area contributed by atoms with Crippen LogP contribution in [-0.4, -0.2) is 18.6 Å². The first kappa shape index (κ1) is 16.0. The Bertz CT molecular complexity index is 412. The van der Waals surface area contributed by atoms with E-state index in [9.17, 15) is 4.79 Å². The van der Waals surface area contributed by atoms with Crippen LogP contribution in [0.1, 0.15) is 51.0 Å². The molecule has 21 heavy (non-hydrogen) atoms. The highest BCUT2D eigenvalue weighted by molar-refractivity contribution is 5.75. The molecular weight excluding hydrogens is 262 g/mol. The Morgan fingerprint density at radius 2 is 1.95 bits per heavy atom. The summed E-state index contributed by atoms with van der Waals surface area (Å²) in [5, 5.41) is 3.39. The van der Waals surface area contributed by atoms with Crippen molar-refractivity contribution in [2.24, 2.45) is 5.92 Å². The molecule has 1 atom stereocenters. The standard InChI is InChI=1S/C18H27NO2/c1-2-21-18(20)17(13-15-9-5-3-6-10-15)19-14-16-11-7-4-8-12-16/h4,7-8,11-12,15,17,19H,2-3,5-6,9-10,13-14H2,1H3. The minimum absolute atomic E-state index is 0.0981. The van der Waals surface area contributed by atoms with Gasteiger partial charge in [-0.15, -0.1) is 0 Å². The van der Waals surface area contributed by atoms with E-state index in [0.717, 1.165) is 13.0 Å². The van der Waals surface area contributed by atoms with Crippen molar-refractivity contribution in [3.63, 3.8) is 0 Å². The van der Waals surface area contributed by atoms with Crippen LogP contribution in [0.4, 0.5) is 0 Å². The van der Waals surface area contributed by atoms with Crippen LogP contribution in [0.25, 0.3) is 0 Å². The molecule has 1 unspecified atom stereocenters. The summed E-state index contributed by atoms with van der Waals surface area (Å²) in [6.45, 7) is 3.04. The molecule has 1 saturated carbocycles. The maximum atomic E-state index is 12.2. The summed E-state index contributed by atoms with van der Waals surface area (Å²) in [6.07, 6.45) is 7.37. The molecule has 0 aromatic heterocycles. The average Bonchev–Trinajstić information content (AvgIpc) is 2.53. The van der Waals surface area contributed by atoms with Gasteiger partial charge < -0.3 is 10.1 Å². The fraction of sp³-hybridized carbons (Fsp3) is 0.611. The average molecular weight is 289 g/mol. The number of carbonyl (C=O) groups is 1. The lowest BCUT2D eigenvalue weighted by atomic mass is 9.85. The second kappa shape index (κ2) is 8.83. The molecule has 0 radical (unpaired) electrons. The molecular formula is C18H27NO2. The van der Waals surface area contributed by atoms with Gasteiger partial charge in [0.15, 0.2) is 0 Å². The molecule has 0 bridgehead atoms. The Hall–Kier alpha value is -1.35. The van der Waals surface area contributed by atoms with E-state index >= 15 is 0 Å². The summed E-state index contributed by atoms with van der Waals surface area (Å²) >= 11 is 0. The lowest BCUT2D eigenvalue weighted by Gasteiger charge is -2.26. The molecule has 1 N–H and O–H groups in total. The van der Waals surface area contributed by atoms with Crippen LogP contribution in [0.2, 0.25) is 0 Å². The van der Waals surface area contributed by atoms with Crippen molar-refractivity contribution < 1.29 is 9.53 Å². The molecule has 3 nitrogen and oxygen atoms in total. The van der Waals surface area contributed by atoms with Gasteiger partial charge in [0.1, 0.15) is 6.04 Å². The number of hydrogen-bond acceptors (Lipinski definition) is 3. The largest absolute Gasteiger partial charge is 0.465 e. The predicted molar refractivity (Wildman–Crippen MR) is 84.9 cm³/mol. The van der Waals surface area contributed by atoms with Crippen LogP contribution < -0.4 is 5.32 Å². The maximum absolute atomic E-state index is 12.2. The van der Waals surface area contributed by atoms with E-state index in [4.69, 9.17) is 4.74 Å². The summed E-state index contributed by atoms with van der Waals surface area (Å²) in [5.74, 6) is 0.565. The molecule has 0 amide bonds. The third-order valence-electron chi connectivity index (χ3n) is 4.26. The van der Waals surface area contributed by atoms with Crippen molar-refractivity contribution in [3.05, 3.63) is 35.9 Å². The molecule has 0 aliphatic heterocycles. The number of rotatable bonds is 7. The Balaban J connectivity index is 1.89. The molecule has 0 saturated heterocycles. The van der Waals surface area contributed by atoms with E-state index in [0.29, 0.717) is 12.5 Å². The fourth-order valence-corrected chi connectivity index (χ4v) is 3.10. The maximum Gasteiger partial charge on any atom is 0.323 e. The van der Waals surface area contributed by atoms with Crippen LogP contribution >= 0.6 is 0 Å². The highest BCUT2D eigenvalue weighted by atomic mass is 16.5. The van der Waals surface area contributed by atoms with E-state index in [-0.39, 0.29) is 12.0 Å².